The summed E-state index contributed by atoms with van der Waals surface area (Å²) in [6.07, 6.45) is 0. The fourth-order valence-electron chi connectivity index (χ4n) is 3.20. The van der Waals surface area contributed by atoms with Crippen LogP contribution in [-0.4, -0.2) is 29.8 Å². The molecule has 0 saturated carbocycles. The number of rotatable bonds is 5. The van der Waals surface area contributed by atoms with Gasteiger partial charge in [-0.1, -0.05) is 12.1 Å². The number of carbonyl (C=O) groups is 3. The number of non-ortho nitro benzene ring substituents is 1. The number of nitrogens with zero attached hydrogens (tertiary/aromatic N) is 2. The van der Waals surface area contributed by atoms with Gasteiger partial charge in [-0.2, -0.15) is 0 Å². The smallest absolute Gasteiger partial charge is 0.337 e. The quantitative estimate of drug-likeness (QED) is 0.266. The zero-order valence-electron chi connectivity index (χ0n) is 16.1. The minimum atomic E-state index is -0.592. The van der Waals surface area contributed by atoms with Crippen molar-refractivity contribution in [2.75, 3.05) is 12.0 Å². The van der Waals surface area contributed by atoms with Crippen molar-refractivity contribution >= 4 is 29.2 Å². The van der Waals surface area contributed by atoms with Gasteiger partial charge < -0.3 is 9.47 Å². The molecule has 0 bridgehead atoms. The maximum Gasteiger partial charge on any atom is 0.337 e. The number of hydrogen-bond donors (Lipinski definition) is 0. The van der Waals surface area contributed by atoms with Crippen molar-refractivity contribution in [3.63, 3.8) is 0 Å². The van der Waals surface area contributed by atoms with Crippen LogP contribution in [0.4, 0.5) is 11.4 Å². The van der Waals surface area contributed by atoms with E-state index >= 15 is 0 Å². The minimum absolute atomic E-state index is 0.122. The lowest BCUT2D eigenvalue weighted by Gasteiger charge is -2.14. The van der Waals surface area contributed by atoms with Crippen molar-refractivity contribution in [3.05, 3.63) is 93.5 Å². The second-order valence-corrected chi connectivity index (χ2v) is 6.55. The van der Waals surface area contributed by atoms with E-state index in [0.717, 1.165) is 4.90 Å². The number of ether oxygens (including phenoxy) is 2. The molecule has 0 N–H and O–H groups in total. The van der Waals surface area contributed by atoms with Gasteiger partial charge in [0.1, 0.15) is 11.5 Å². The number of hydrogen-bond acceptors (Lipinski definition) is 7. The van der Waals surface area contributed by atoms with Crippen molar-refractivity contribution in [1.82, 2.24) is 0 Å². The fraction of sp³-hybridized carbons (Fsp3) is 0.0455. The van der Waals surface area contributed by atoms with Gasteiger partial charge in [-0.15, -0.1) is 0 Å². The molecule has 0 atom stereocenters. The van der Waals surface area contributed by atoms with Gasteiger partial charge >= 0.3 is 5.97 Å². The Labute approximate surface area is 175 Å². The Morgan fingerprint density at radius 3 is 2.35 bits per heavy atom. The highest BCUT2D eigenvalue weighted by atomic mass is 16.6. The number of nitro benzene ring substituents is 1. The predicted molar refractivity (Wildman–Crippen MR) is 109 cm³/mol. The number of imide groups is 1. The molecule has 154 valence electrons. The first-order chi connectivity index (χ1) is 14.9. The van der Waals surface area contributed by atoms with Crippen LogP contribution in [-0.2, 0) is 4.74 Å². The standard InChI is InChI=1S/C22H14N2O7/c1-30-22(27)13-4-2-5-14(10-13)23-20(25)18-9-8-17(12-19(18)21(23)26)31-16-7-3-6-15(11-16)24(28)29/h2-12H,1H3. The molecular weight excluding hydrogens is 404 g/mol. The molecule has 0 spiro atoms. The Balaban J connectivity index is 1.64. The Morgan fingerprint density at radius 2 is 1.61 bits per heavy atom. The summed E-state index contributed by atoms with van der Waals surface area (Å²) in [6, 6.07) is 15.9. The van der Waals surface area contributed by atoms with Crippen LogP contribution in [0.1, 0.15) is 31.1 Å². The second-order valence-electron chi connectivity index (χ2n) is 6.55. The summed E-state index contributed by atoms with van der Waals surface area (Å²) in [7, 11) is 1.24. The summed E-state index contributed by atoms with van der Waals surface area (Å²) in [5, 5.41) is 10.9. The molecule has 1 aliphatic rings. The van der Waals surface area contributed by atoms with Crippen molar-refractivity contribution < 1.29 is 28.8 Å². The number of methoxy groups -OCH3 is 1. The lowest BCUT2D eigenvalue weighted by molar-refractivity contribution is -0.384. The molecule has 0 unspecified atom stereocenters. The Morgan fingerprint density at radius 1 is 0.903 bits per heavy atom. The average Bonchev–Trinajstić information content (AvgIpc) is 3.03. The van der Waals surface area contributed by atoms with E-state index in [1.54, 1.807) is 6.07 Å². The number of carbonyl (C=O) groups excluding carboxylic acids is 3. The molecule has 1 aliphatic heterocycles. The zero-order chi connectivity index (χ0) is 22.1. The first-order valence-electron chi connectivity index (χ1n) is 9.02. The van der Waals surface area contributed by atoms with Crippen LogP contribution in [0.15, 0.2) is 66.7 Å². The molecule has 9 heteroatoms. The normalized spacial score (nSPS) is 12.5. The highest BCUT2D eigenvalue weighted by Gasteiger charge is 2.37. The molecule has 3 aromatic rings. The molecule has 0 aromatic heterocycles. The lowest BCUT2D eigenvalue weighted by atomic mass is 10.1. The Bertz CT molecular complexity index is 1250. The lowest BCUT2D eigenvalue weighted by Crippen LogP contribution is -2.29. The summed E-state index contributed by atoms with van der Waals surface area (Å²) in [5.41, 5.74) is 0.597. The minimum Gasteiger partial charge on any atom is -0.465 e. The molecule has 0 saturated heterocycles. The van der Waals surface area contributed by atoms with Crippen LogP contribution in [0.25, 0.3) is 0 Å². The van der Waals surface area contributed by atoms with E-state index < -0.39 is 22.7 Å². The summed E-state index contributed by atoms with van der Waals surface area (Å²) in [5.74, 6) is -1.25. The molecule has 1 heterocycles. The first-order valence-corrected chi connectivity index (χ1v) is 9.02. The van der Waals surface area contributed by atoms with Gasteiger partial charge in [-0.05, 0) is 42.5 Å². The number of nitro groups is 1. The third-order valence-electron chi connectivity index (χ3n) is 4.65. The Hall–Kier alpha value is -4.53. The van der Waals surface area contributed by atoms with E-state index in [-0.39, 0.29) is 39.6 Å². The van der Waals surface area contributed by atoms with Gasteiger partial charge in [0.2, 0.25) is 0 Å². The topological polar surface area (TPSA) is 116 Å². The van der Waals surface area contributed by atoms with Gasteiger partial charge in [-0.3, -0.25) is 19.7 Å². The SMILES string of the molecule is COC(=O)c1cccc(N2C(=O)c3ccc(Oc4cccc([N+](=O)[O-])c4)cc3C2=O)c1. The van der Waals surface area contributed by atoms with Gasteiger partial charge in [0.05, 0.1) is 40.5 Å². The van der Waals surface area contributed by atoms with E-state index in [2.05, 4.69) is 4.74 Å². The predicted octanol–water partition coefficient (Wildman–Crippen LogP) is 3.97. The number of fused-ring (bicyclic) bond motifs is 1. The summed E-state index contributed by atoms with van der Waals surface area (Å²) < 4.78 is 10.3. The van der Waals surface area contributed by atoms with Crippen LogP contribution in [0, 0.1) is 10.1 Å². The number of anilines is 1. The summed E-state index contributed by atoms with van der Waals surface area (Å²) in [6.45, 7) is 0. The number of benzene rings is 3. The van der Waals surface area contributed by atoms with Gasteiger partial charge in [0.25, 0.3) is 17.5 Å². The second kappa shape index (κ2) is 7.71. The first kappa shape index (κ1) is 19.8. The maximum absolute atomic E-state index is 13.0. The number of amides is 2. The molecular formula is C22H14N2O7. The third kappa shape index (κ3) is 3.60. The molecule has 31 heavy (non-hydrogen) atoms. The van der Waals surface area contributed by atoms with Crippen LogP contribution in [0.3, 0.4) is 0 Å². The average molecular weight is 418 g/mol. The van der Waals surface area contributed by atoms with Crippen LogP contribution in [0.2, 0.25) is 0 Å². The summed E-state index contributed by atoms with van der Waals surface area (Å²) in [4.78, 5) is 48.9. The van der Waals surface area contributed by atoms with Crippen molar-refractivity contribution in [2.24, 2.45) is 0 Å². The van der Waals surface area contributed by atoms with E-state index in [9.17, 15) is 24.5 Å². The van der Waals surface area contributed by atoms with E-state index in [4.69, 9.17) is 4.74 Å². The fourth-order valence-corrected chi connectivity index (χ4v) is 3.20. The molecule has 0 radical (unpaired) electrons. The van der Waals surface area contributed by atoms with E-state index in [1.165, 1.54) is 67.8 Å². The molecule has 0 fully saturated rings. The van der Waals surface area contributed by atoms with Crippen LogP contribution < -0.4 is 9.64 Å². The van der Waals surface area contributed by atoms with Crippen LogP contribution >= 0.6 is 0 Å². The van der Waals surface area contributed by atoms with E-state index in [1.807, 2.05) is 0 Å². The molecule has 9 nitrogen and oxygen atoms in total. The third-order valence-corrected chi connectivity index (χ3v) is 4.65. The van der Waals surface area contributed by atoms with Gasteiger partial charge in [0.15, 0.2) is 0 Å². The highest BCUT2D eigenvalue weighted by molar-refractivity contribution is 6.34. The van der Waals surface area contributed by atoms with Crippen molar-refractivity contribution in [3.8, 4) is 11.5 Å². The van der Waals surface area contributed by atoms with Crippen molar-refractivity contribution in [2.45, 2.75) is 0 Å². The Kier molecular flexibility index (Phi) is 4.92. The van der Waals surface area contributed by atoms with Crippen LogP contribution in [0.5, 0.6) is 11.5 Å². The largest absolute Gasteiger partial charge is 0.465 e. The molecule has 3 aromatic carbocycles. The summed E-state index contributed by atoms with van der Waals surface area (Å²) >= 11 is 0. The zero-order valence-corrected chi connectivity index (χ0v) is 16.1. The van der Waals surface area contributed by atoms with Gasteiger partial charge in [-0.25, -0.2) is 9.69 Å². The van der Waals surface area contributed by atoms with Crippen molar-refractivity contribution in [1.29, 1.82) is 0 Å². The number of esters is 1. The molecule has 0 aliphatic carbocycles. The monoisotopic (exact) mass is 418 g/mol. The molecule has 2 amide bonds. The highest BCUT2D eigenvalue weighted by Crippen LogP contribution is 2.33. The molecule has 4 rings (SSSR count). The van der Waals surface area contributed by atoms with Gasteiger partial charge in [0, 0.05) is 6.07 Å². The van der Waals surface area contributed by atoms with E-state index in [0.29, 0.717) is 0 Å². The maximum atomic E-state index is 13.0.